The molecule has 1 amide bonds. The van der Waals surface area contributed by atoms with Gasteiger partial charge < -0.3 is 20.1 Å². The maximum Gasteiger partial charge on any atom is 0.271 e. The van der Waals surface area contributed by atoms with Crippen molar-refractivity contribution < 1.29 is 19.6 Å². The van der Waals surface area contributed by atoms with Gasteiger partial charge in [-0.05, 0) is 12.5 Å². The van der Waals surface area contributed by atoms with Crippen molar-refractivity contribution in [2.24, 2.45) is 0 Å². The molecule has 1 aliphatic heterocycles. The Bertz CT molecular complexity index is 617. The number of hydrogen-bond acceptors (Lipinski definition) is 7. The molecule has 0 saturated carbocycles. The first kappa shape index (κ1) is 20.1. The second-order valence-electron chi connectivity index (χ2n) is 6.16. The Morgan fingerprint density at radius 1 is 1.35 bits per heavy atom. The Hall–Kier alpha value is -2.23. The summed E-state index contributed by atoms with van der Waals surface area (Å²) in [7, 11) is 1.68. The fraction of sp³-hybridized carbons (Fsp3) is 0.588. The number of nitro groups is 1. The Labute approximate surface area is 152 Å². The molecule has 0 aromatic heterocycles. The standard InChI is InChI=1S/C17H26N4O5/c1-26-12-10-19-6-8-20(9-7-19)16-5-4-14(21(24)25)13-15(16)18-17(23)3-2-11-22/h4-5,13,22H,2-3,6-12H2,1H3,(H,18,23). The molecule has 1 heterocycles. The van der Waals surface area contributed by atoms with E-state index in [1.165, 1.54) is 12.1 Å². The average molecular weight is 366 g/mol. The van der Waals surface area contributed by atoms with Crippen molar-refractivity contribution in [2.45, 2.75) is 12.8 Å². The Morgan fingerprint density at radius 2 is 2.08 bits per heavy atom. The fourth-order valence-corrected chi connectivity index (χ4v) is 2.90. The summed E-state index contributed by atoms with van der Waals surface area (Å²) in [6.45, 7) is 4.73. The van der Waals surface area contributed by atoms with E-state index in [0.717, 1.165) is 38.4 Å². The predicted octanol–water partition coefficient (Wildman–Crippen LogP) is 1.07. The highest BCUT2D eigenvalue weighted by Gasteiger charge is 2.21. The lowest BCUT2D eigenvalue weighted by Crippen LogP contribution is -2.47. The molecule has 9 nitrogen and oxygen atoms in total. The van der Waals surface area contributed by atoms with Gasteiger partial charge in [-0.25, -0.2) is 0 Å². The minimum Gasteiger partial charge on any atom is -0.396 e. The lowest BCUT2D eigenvalue weighted by Gasteiger charge is -2.36. The molecule has 2 rings (SSSR count). The van der Waals surface area contributed by atoms with E-state index in [2.05, 4.69) is 15.1 Å². The van der Waals surface area contributed by atoms with E-state index in [4.69, 9.17) is 9.84 Å². The number of rotatable bonds is 9. The largest absolute Gasteiger partial charge is 0.396 e. The topological polar surface area (TPSA) is 108 Å². The SMILES string of the molecule is COCCN1CCN(c2ccc([N+](=O)[O-])cc2NC(=O)CCCO)CC1. The van der Waals surface area contributed by atoms with E-state index < -0.39 is 4.92 Å². The number of nitrogens with one attached hydrogen (secondary N) is 1. The number of amides is 1. The molecular formula is C17H26N4O5. The quantitative estimate of drug-likeness (QED) is 0.497. The highest BCUT2D eigenvalue weighted by molar-refractivity contribution is 5.95. The molecule has 9 heteroatoms. The van der Waals surface area contributed by atoms with Crippen molar-refractivity contribution in [2.75, 3.05) is 63.3 Å². The van der Waals surface area contributed by atoms with Crippen molar-refractivity contribution in [1.29, 1.82) is 0 Å². The molecule has 0 aliphatic carbocycles. The third kappa shape index (κ3) is 5.65. The van der Waals surface area contributed by atoms with Crippen molar-refractivity contribution in [3.05, 3.63) is 28.3 Å². The van der Waals surface area contributed by atoms with Crippen LogP contribution in [-0.2, 0) is 9.53 Å². The number of carbonyl (C=O) groups excluding carboxylic acids is 1. The second kappa shape index (κ2) is 10.0. The van der Waals surface area contributed by atoms with E-state index in [1.54, 1.807) is 13.2 Å². The zero-order valence-electron chi connectivity index (χ0n) is 15.0. The van der Waals surface area contributed by atoms with Crippen LogP contribution in [0.25, 0.3) is 0 Å². The number of methoxy groups -OCH3 is 1. The van der Waals surface area contributed by atoms with Gasteiger partial charge in [-0.15, -0.1) is 0 Å². The first-order chi connectivity index (χ1) is 12.5. The number of piperazine rings is 1. The predicted molar refractivity (Wildman–Crippen MR) is 98.6 cm³/mol. The Kier molecular flexibility index (Phi) is 7.76. The molecule has 2 N–H and O–H groups in total. The van der Waals surface area contributed by atoms with Crippen LogP contribution in [0.3, 0.4) is 0 Å². The summed E-state index contributed by atoms with van der Waals surface area (Å²) in [6.07, 6.45) is 0.525. The van der Waals surface area contributed by atoms with Crippen LogP contribution in [0.4, 0.5) is 17.1 Å². The lowest BCUT2D eigenvalue weighted by molar-refractivity contribution is -0.384. The number of hydrogen-bond donors (Lipinski definition) is 2. The molecule has 1 aliphatic rings. The van der Waals surface area contributed by atoms with Crippen LogP contribution in [0.15, 0.2) is 18.2 Å². The second-order valence-corrected chi connectivity index (χ2v) is 6.16. The number of ether oxygens (including phenoxy) is 1. The molecular weight excluding hydrogens is 340 g/mol. The number of nitrogens with zero attached hydrogens (tertiary/aromatic N) is 3. The van der Waals surface area contributed by atoms with Gasteiger partial charge in [-0.1, -0.05) is 0 Å². The van der Waals surface area contributed by atoms with Crippen LogP contribution < -0.4 is 10.2 Å². The van der Waals surface area contributed by atoms with Gasteiger partial charge in [-0.2, -0.15) is 0 Å². The van der Waals surface area contributed by atoms with Gasteiger partial charge in [0.1, 0.15) is 0 Å². The molecule has 0 spiro atoms. The van der Waals surface area contributed by atoms with Crippen molar-refractivity contribution in [3.8, 4) is 0 Å². The van der Waals surface area contributed by atoms with Crippen molar-refractivity contribution in [3.63, 3.8) is 0 Å². The summed E-state index contributed by atoms with van der Waals surface area (Å²) >= 11 is 0. The summed E-state index contributed by atoms with van der Waals surface area (Å²) in [5.41, 5.74) is 1.15. The van der Waals surface area contributed by atoms with Gasteiger partial charge in [0.25, 0.3) is 5.69 Å². The maximum absolute atomic E-state index is 12.0. The van der Waals surface area contributed by atoms with Crippen molar-refractivity contribution >= 4 is 23.0 Å². The van der Waals surface area contributed by atoms with Gasteiger partial charge >= 0.3 is 0 Å². The van der Waals surface area contributed by atoms with Crippen LogP contribution in [0, 0.1) is 10.1 Å². The Balaban J connectivity index is 2.11. The van der Waals surface area contributed by atoms with Crippen molar-refractivity contribution in [1.82, 2.24) is 4.90 Å². The number of carbonyl (C=O) groups is 1. The summed E-state index contributed by atoms with van der Waals surface area (Å²) in [5.74, 6) is -0.264. The minimum atomic E-state index is -0.476. The summed E-state index contributed by atoms with van der Waals surface area (Å²) in [6, 6.07) is 4.53. The number of aliphatic hydroxyl groups excluding tert-OH is 1. The van der Waals surface area contributed by atoms with Gasteiger partial charge in [-0.3, -0.25) is 19.8 Å². The van der Waals surface area contributed by atoms with E-state index in [0.29, 0.717) is 18.7 Å². The smallest absolute Gasteiger partial charge is 0.271 e. The highest BCUT2D eigenvalue weighted by atomic mass is 16.6. The number of anilines is 2. The number of nitro benzene ring substituents is 1. The summed E-state index contributed by atoms with van der Waals surface area (Å²) in [4.78, 5) is 27.0. The molecule has 0 radical (unpaired) electrons. The molecule has 1 aromatic rings. The summed E-state index contributed by atoms with van der Waals surface area (Å²) < 4.78 is 5.10. The first-order valence-electron chi connectivity index (χ1n) is 8.70. The fourth-order valence-electron chi connectivity index (χ4n) is 2.90. The van der Waals surface area contributed by atoms with Crippen LogP contribution >= 0.6 is 0 Å². The Morgan fingerprint density at radius 3 is 2.69 bits per heavy atom. The van der Waals surface area contributed by atoms with Crippen LogP contribution in [-0.4, -0.2) is 73.9 Å². The number of benzene rings is 1. The first-order valence-corrected chi connectivity index (χ1v) is 8.70. The normalized spacial score (nSPS) is 15.1. The number of non-ortho nitro benzene ring substituents is 1. The average Bonchev–Trinajstić information content (AvgIpc) is 2.65. The maximum atomic E-state index is 12.0. The zero-order chi connectivity index (χ0) is 18.9. The molecule has 0 atom stereocenters. The third-order valence-corrected chi connectivity index (χ3v) is 4.35. The molecule has 1 aromatic carbocycles. The minimum absolute atomic E-state index is 0.0649. The lowest BCUT2D eigenvalue weighted by atomic mass is 10.2. The van der Waals surface area contributed by atoms with Gasteiger partial charge in [0.05, 0.1) is 22.9 Å². The molecule has 0 unspecified atom stereocenters. The van der Waals surface area contributed by atoms with Gasteiger partial charge in [0, 0.05) is 65.0 Å². The molecule has 26 heavy (non-hydrogen) atoms. The van der Waals surface area contributed by atoms with E-state index in [-0.39, 0.29) is 24.6 Å². The van der Waals surface area contributed by atoms with E-state index in [9.17, 15) is 14.9 Å². The summed E-state index contributed by atoms with van der Waals surface area (Å²) in [5, 5.41) is 22.7. The van der Waals surface area contributed by atoms with Gasteiger partial charge in [0.15, 0.2) is 0 Å². The van der Waals surface area contributed by atoms with E-state index >= 15 is 0 Å². The molecule has 1 saturated heterocycles. The molecule has 0 bridgehead atoms. The van der Waals surface area contributed by atoms with Crippen LogP contribution in [0.5, 0.6) is 0 Å². The van der Waals surface area contributed by atoms with Crippen LogP contribution in [0.1, 0.15) is 12.8 Å². The monoisotopic (exact) mass is 366 g/mol. The number of aliphatic hydroxyl groups is 1. The third-order valence-electron chi connectivity index (χ3n) is 4.35. The van der Waals surface area contributed by atoms with E-state index in [1.807, 2.05) is 0 Å². The molecule has 144 valence electrons. The molecule has 1 fully saturated rings. The van der Waals surface area contributed by atoms with Gasteiger partial charge in [0.2, 0.25) is 5.91 Å². The highest BCUT2D eigenvalue weighted by Crippen LogP contribution is 2.31. The van der Waals surface area contributed by atoms with Crippen LogP contribution in [0.2, 0.25) is 0 Å². The zero-order valence-corrected chi connectivity index (χ0v) is 15.0.